The SMILES string of the molecule is NCCNC(=O)CSc1cc(Cl)ccc1Cl. The maximum absolute atomic E-state index is 11.3. The largest absolute Gasteiger partial charge is 0.354 e. The van der Waals surface area contributed by atoms with Gasteiger partial charge in [0, 0.05) is 23.0 Å². The van der Waals surface area contributed by atoms with Crippen molar-refractivity contribution in [3.8, 4) is 0 Å². The molecule has 1 aromatic carbocycles. The lowest BCUT2D eigenvalue weighted by Gasteiger charge is -2.05. The summed E-state index contributed by atoms with van der Waals surface area (Å²) in [6, 6.07) is 5.16. The van der Waals surface area contributed by atoms with Gasteiger partial charge in [0.2, 0.25) is 5.91 Å². The highest BCUT2D eigenvalue weighted by Gasteiger charge is 2.05. The Bertz CT molecular complexity index is 374. The molecule has 0 saturated carbocycles. The molecule has 88 valence electrons. The van der Waals surface area contributed by atoms with Crippen molar-refractivity contribution in [3.63, 3.8) is 0 Å². The van der Waals surface area contributed by atoms with Crippen LogP contribution in [0.2, 0.25) is 10.0 Å². The van der Waals surface area contributed by atoms with E-state index in [2.05, 4.69) is 5.32 Å². The summed E-state index contributed by atoms with van der Waals surface area (Å²) < 4.78 is 0. The normalized spacial score (nSPS) is 10.2. The predicted octanol–water partition coefficient (Wildman–Crippen LogP) is 2.16. The first kappa shape index (κ1) is 13.6. The lowest BCUT2D eigenvalue weighted by Crippen LogP contribution is -2.30. The molecule has 0 heterocycles. The fourth-order valence-corrected chi connectivity index (χ4v) is 2.32. The molecule has 3 nitrogen and oxygen atoms in total. The molecule has 0 bridgehead atoms. The third-order valence-corrected chi connectivity index (χ3v) is 3.45. The van der Waals surface area contributed by atoms with Gasteiger partial charge in [0.15, 0.2) is 0 Å². The molecule has 3 N–H and O–H groups in total. The third-order valence-electron chi connectivity index (χ3n) is 1.72. The van der Waals surface area contributed by atoms with Crippen LogP contribution in [0.1, 0.15) is 0 Å². The number of halogens is 2. The highest BCUT2D eigenvalue weighted by atomic mass is 35.5. The molecular weight excluding hydrogens is 267 g/mol. The molecule has 0 atom stereocenters. The average Bonchev–Trinajstić information content (AvgIpc) is 2.27. The highest BCUT2D eigenvalue weighted by molar-refractivity contribution is 8.00. The maximum atomic E-state index is 11.3. The summed E-state index contributed by atoms with van der Waals surface area (Å²) in [6.07, 6.45) is 0. The van der Waals surface area contributed by atoms with E-state index in [0.29, 0.717) is 28.9 Å². The summed E-state index contributed by atoms with van der Waals surface area (Å²) in [5, 5.41) is 3.88. The molecule has 1 amide bonds. The topological polar surface area (TPSA) is 55.1 Å². The van der Waals surface area contributed by atoms with Crippen LogP contribution in [-0.2, 0) is 4.79 Å². The number of nitrogens with two attached hydrogens (primary N) is 1. The van der Waals surface area contributed by atoms with Gasteiger partial charge in [-0.3, -0.25) is 4.79 Å². The third kappa shape index (κ3) is 4.61. The van der Waals surface area contributed by atoms with Gasteiger partial charge in [-0.25, -0.2) is 0 Å². The van der Waals surface area contributed by atoms with Gasteiger partial charge in [-0.1, -0.05) is 23.2 Å². The number of carbonyl (C=O) groups excluding carboxylic acids is 1. The Hall–Kier alpha value is -0.420. The molecule has 6 heteroatoms. The van der Waals surface area contributed by atoms with Crippen LogP contribution in [0.5, 0.6) is 0 Å². The summed E-state index contributed by atoms with van der Waals surface area (Å²) >= 11 is 13.1. The van der Waals surface area contributed by atoms with E-state index in [1.54, 1.807) is 18.2 Å². The van der Waals surface area contributed by atoms with Gasteiger partial charge in [0.25, 0.3) is 0 Å². The van der Waals surface area contributed by atoms with Crippen molar-refractivity contribution < 1.29 is 4.79 Å². The molecule has 0 aliphatic carbocycles. The van der Waals surface area contributed by atoms with E-state index in [1.807, 2.05) is 0 Å². The Morgan fingerprint density at radius 3 is 2.88 bits per heavy atom. The monoisotopic (exact) mass is 278 g/mol. The summed E-state index contributed by atoms with van der Waals surface area (Å²) in [7, 11) is 0. The zero-order chi connectivity index (χ0) is 12.0. The van der Waals surface area contributed by atoms with Gasteiger partial charge >= 0.3 is 0 Å². The summed E-state index contributed by atoms with van der Waals surface area (Å²) in [5.41, 5.74) is 5.27. The first-order chi connectivity index (χ1) is 7.63. The van der Waals surface area contributed by atoms with Crippen LogP contribution in [0.15, 0.2) is 23.1 Å². The van der Waals surface area contributed by atoms with Crippen molar-refractivity contribution >= 4 is 40.9 Å². The number of nitrogens with one attached hydrogen (secondary N) is 1. The van der Waals surface area contributed by atoms with Crippen LogP contribution in [-0.4, -0.2) is 24.7 Å². The van der Waals surface area contributed by atoms with Gasteiger partial charge < -0.3 is 11.1 Å². The van der Waals surface area contributed by atoms with Crippen LogP contribution in [0, 0.1) is 0 Å². The van der Waals surface area contributed by atoms with Crippen molar-refractivity contribution in [1.29, 1.82) is 0 Å². The Morgan fingerprint density at radius 1 is 1.44 bits per heavy atom. The first-order valence-electron chi connectivity index (χ1n) is 4.68. The molecule has 0 aliphatic heterocycles. The number of amides is 1. The Kier molecular flexibility index (Phi) is 5.98. The van der Waals surface area contributed by atoms with Crippen molar-refractivity contribution in [2.24, 2.45) is 5.73 Å². The molecule has 1 rings (SSSR count). The predicted molar refractivity (Wildman–Crippen MR) is 69.3 cm³/mol. The van der Waals surface area contributed by atoms with Gasteiger partial charge in [-0.05, 0) is 18.2 Å². The Morgan fingerprint density at radius 2 is 2.19 bits per heavy atom. The van der Waals surface area contributed by atoms with Gasteiger partial charge in [-0.15, -0.1) is 11.8 Å². The smallest absolute Gasteiger partial charge is 0.230 e. The molecule has 0 aromatic heterocycles. The summed E-state index contributed by atoms with van der Waals surface area (Å²) in [5.74, 6) is 0.242. The average molecular weight is 279 g/mol. The summed E-state index contributed by atoms with van der Waals surface area (Å²) in [4.78, 5) is 12.1. The number of benzene rings is 1. The molecule has 0 aliphatic rings. The fourth-order valence-electron chi connectivity index (χ4n) is 0.994. The molecule has 0 fully saturated rings. The summed E-state index contributed by atoms with van der Waals surface area (Å²) in [6.45, 7) is 0.928. The van der Waals surface area contributed by atoms with E-state index in [4.69, 9.17) is 28.9 Å². The number of hydrogen-bond acceptors (Lipinski definition) is 3. The second-order valence-electron chi connectivity index (χ2n) is 3.00. The van der Waals surface area contributed by atoms with Crippen LogP contribution in [0.3, 0.4) is 0 Å². The quantitative estimate of drug-likeness (QED) is 0.812. The highest BCUT2D eigenvalue weighted by Crippen LogP contribution is 2.29. The number of carbonyl (C=O) groups is 1. The van der Waals surface area contributed by atoms with Gasteiger partial charge in [-0.2, -0.15) is 0 Å². The van der Waals surface area contributed by atoms with E-state index in [9.17, 15) is 4.79 Å². The lowest BCUT2D eigenvalue weighted by molar-refractivity contribution is -0.118. The fraction of sp³-hybridized carbons (Fsp3) is 0.300. The standard InChI is InChI=1S/C10H12Cl2N2OS/c11-7-1-2-8(12)9(5-7)16-6-10(15)14-4-3-13/h1-2,5H,3-4,6,13H2,(H,14,15). The molecular formula is C10H12Cl2N2OS. The molecule has 1 aromatic rings. The van der Waals surface area contributed by atoms with E-state index in [-0.39, 0.29) is 5.91 Å². The lowest BCUT2D eigenvalue weighted by atomic mass is 10.4. The van der Waals surface area contributed by atoms with Crippen molar-refractivity contribution in [2.45, 2.75) is 4.90 Å². The van der Waals surface area contributed by atoms with Gasteiger partial charge in [0.05, 0.1) is 10.8 Å². The maximum Gasteiger partial charge on any atom is 0.230 e. The number of thioether (sulfide) groups is 1. The zero-order valence-corrected chi connectivity index (χ0v) is 10.8. The second-order valence-corrected chi connectivity index (χ2v) is 4.86. The molecule has 0 radical (unpaired) electrons. The first-order valence-corrected chi connectivity index (χ1v) is 6.42. The van der Waals surface area contributed by atoms with E-state index in [1.165, 1.54) is 11.8 Å². The van der Waals surface area contributed by atoms with Crippen LogP contribution in [0.25, 0.3) is 0 Å². The van der Waals surface area contributed by atoms with Crippen molar-refractivity contribution in [1.82, 2.24) is 5.32 Å². The van der Waals surface area contributed by atoms with E-state index in [0.717, 1.165) is 4.90 Å². The van der Waals surface area contributed by atoms with Crippen LogP contribution < -0.4 is 11.1 Å². The van der Waals surface area contributed by atoms with Crippen molar-refractivity contribution in [2.75, 3.05) is 18.8 Å². The molecule has 0 unspecified atom stereocenters. The Balaban J connectivity index is 2.47. The van der Waals surface area contributed by atoms with Crippen LogP contribution in [0.4, 0.5) is 0 Å². The minimum atomic E-state index is -0.0634. The number of rotatable bonds is 5. The molecule has 16 heavy (non-hydrogen) atoms. The van der Waals surface area contributed by atoms with Crippen molar-refractivity contribution in [3.05, 3.63) is 28.2 Å². The molecule has 0 saturated heterocycles. The molecule has 0 spiro atoms. The minimum Gasteiger partial charge on any atom is -0.354 e. The van der Waals surface area contributed by atoms with Gasteiger partial charge in [0.1, 0.15) is 0 Å². The van der Waals surface area contributed by atoms with E-state index < -0.39 is 0 Å². The second kappa shape index (κ2) is 7.01. The van der Waals surface area contributed by atoms with Crippen LogP contribution >= 0.6 is 35.0 Å². The zero-order valence-electron chi connectivity index (χ0n) is 8.50. The Labute approximate surface area is 109 Å². The minimum absolute atomic E-state index is 0.0634. The number of hydrogen-bond donors (Lipinski definition) is 2. The van der Waals surface area contributed by atoms with E-state index >= 15 is 0 Å².